The van der Waals surface area contributed by atoms with Crippen molar-refractivity contribution in [3.63, 3.8) is 0 Å². The highest BCUT2D eigenvalue weighted by molar-refractivity contribution is 5.63. The summed E-state index contributed by atoms with van der Waals surface area (Å²) in [6, 6.07) is 4.05. The van der Waals surface area contributed by atoms with E-state index in [0.29, 0.717) is 5.56 Å². The monoisotopic (exact) mass is 196 g/mol. The maximum absolute atomic E-state index is 10.5. The van der Waals surface area contributed by atoms with Crippen LogP contribution < -0.4 is 17.2 Å². The van der Waals surface area contributed by atoms with Gasteiger partial charge in [-0.1, -0.05) is 12.1 Å². The number of nitro groups is 1. The van der Waals surface area contributed by atoms with Gasteiger partial charge in [-0.05, 0) is 0 Å². The summed E-state index contributed by atoms with van der Waals surface area (Å²) in [5.74, 6) is 0. The average molecular weight is 196 g/mol. The molecular weight excluding hydrogens is 184 g/mol. The number of nitro benzene ring substituents is 1. The van der Waals surface area contributed by atoms with Crippen LogP contribution >= 0.6 is 0 Å². The topological polar surface area (TPSA) is 121 Å². The number of nitrogens with two attached hydrogens (primary N) is 3. The fraction of sp³-hybridized carbons (Fsp3) is 0.250. The molecule has 1 aromatic rings. The molecule has 6 N–H and O–H groups in total. The summed E-state index contributed by atoms with van der Waals surface area (Å²) in [5, 5.41) is 10.5. The van der Waals surface area contributed by atoms with E-state index in [0.717, 1.165) is 0 Å². The zero-order chi connectivity index (χ0) is 10.7. The Balaban J connectivity index is 3.20. The highest BCUT2D eigenvalue weighted by atomic mass is 16.6. The van der Waals surface area contributed by atoms with Crippen LogP contribution in [0.25, 0.3) is 0 Å². The summed E-state index contributed by atoms with van der Waals surface area (Å²) >= 11 is 0. The predicted octanol–water partition coefficient (Wildman–Crippen LogP) is 0.135. The minimum atomic E-state index is -0.540. The molecule has 1 aromatic carbocycles. The van der Waals surface area contributed by atoms with Gasteiger partial charge in [0.25, 0.3) is 5.69 Å². The van der Waals surface area contributed by atoms with Crippen LogP contribution in [0.2, 0.25) is 0 Å². The first-order valence-corrected chi connectivity index (χ1v) is 4.06. The first-order valence-electron chi connectivity index (χ1n) is 4.06. The summed E-state index contributed by atoms with van der Waals surface area (Å²) in [7, 11) is 0. The van der Waals surface area contributed by atoms with Crippen molar-refractivity contribution in [3.05, 3.63) is 33.9 Å². The molecule has 6 nitrogen and oxygen atoms in total. The van der Waals surface area contributed by atoms with Gasteiger partial charge in [-0.15, -0.1) is 0 Å². The molecule has 0 aliphatic carbocycles. The second-order valence-electron chi connectivity index (χ2n) is 2.88. The summed E-state index contributed by atoms with van der Waals surface area (Å²) in [6.45, 7) is 0.200. The fourth-order valence-corrected chi connectivity index (χ4v) is 1.18. The van der Waals surface area contributed by atoms with E-state index in [1.54, 1.807) is 12.1 Å². The lowest BCUT2D eigenvalue weighted by Gasteiger charge is -2.11. The van der Waals surface area contributed by atoms with Gasteiger partial charge in [0.15, 0.2) is 0 Å². The quantitative estimate of drug-likeness (QED) is 0.360. The highest BCUT2D eigenvalue weighted by Crippen LogP contribution is 2.27. The van der Waals surface area contributed by atoms with E-state index in [4.69, 9.17) is 17.2 Å². The van der Waals surface area contributed by atoms with Gasteiger partial charge >= 0.3 is 0 Å². The van der Waals surface area contributed by atoms with Gasteiger partial charge < -0.3 is 17.2 Å². The minimum Gasteiger partial charge on any atom is -0.393 e. The largest absolute Gasteiger partial charge is 0.393 e. The number of para-hydroxylation sites is 1. The van der Waals surface area contributed by atoms with Gasteiger partial charge in [-0.3, -0.25) is 10.1 Å². The van der Waals surface area contributed by atoms with Gasteiger partial charge in [0.1, 0.15) is 5.69 Å². The molecule has 0 aliphatic rings. The van der Waals surface area contributed by atoms with Gasteiger partial charge in [-0.25, -0.2) is 0 Å². The first-order chi connectivity index (χ1) is 6.57. The molecule has 0 fully saturated rings. The maximum atomic E-state index is 10.5. The Kier molecular flexibility index (Phi) is 3.00. The van der Waals surface area contributed by atoms with E-state index < -0.39 is 11.0 Å². The van der Waals surface area contributed by atoms with Crippen LogP contribution in [0.3, 0.4) is 0 Å². The van der Waals surface area contributed by atoms with Gasteiger partial charge in [0, 0.05) is 24.2 Å². The summed E-state index contributed by atoms with van der Waals surface area (Å²) in [6.07, 6.45) is 0. The van der Waals surface area contributed by atoms with E-state index in [2.05, 4.69) is 0 Å². The molecule has 1 rings (SSSR count). The smallest absolute Gasteiger partial charge is 0.292 e. The Hall–Kier alpha value is -1.66. The van der Waals surface area contributed by atoms with Gasteiger partial charge in [-0.2, -0.15) is 0 Å². The Morgan fingerprint density at radius 2 is 2.14 bits per heavy atom. The fourth-order valence-electron chi connectivity index (χ4n) is 1.18. The third-order valence-corrected chi connectivity index (χ3v) is 1.97. The maximum Gasteiger partial charge on any atom is 0.292 e. The SMILES string of the molecule is NCC(N)c1cccc([N+](=O)[O-])c1N. The predicted molar refractivity (Wildman–Crippen MR) is 53.5 cm³/mol. The molecule has 0 aromatic heterocycles. The third-order valence-electron chi connectivity index (χ3n) is 1.97. The summed E-state index contributed by atoms with van der Waals surface area (Å²) in [5.41, 5.74) is 17.0. The molecule has 0 amide bonds. The van der Waals surface area contributed by atoms with Gasteiger partial charge in [0.05, 0.1) is 4.92 Å². The Morgan fingerprint density at radius 3 is 2.64 bits per heavy atom. The number of hydrogen-bond donors (Lipinski definition) is 3. The Labute approximate surface area is 80.8 Å². The number of nitrogens with zero attached hydrogens (tertiary/aromatic N) is 1. The lowest BCUT2D eigenvalue weighted by atomic mass is 10.0. The van der Waals surface area contributed by atoms with Crippen molar-refractivity contribution in [1.82, 2.24) is 0 Å². The van der Waals surface area contributed by atoms with Crippen molar-refractivity contribution in [2.24, 2.45) is 11.5 Å². The van der Waals surface area contributed by atoms with E-state index in [1.165, 1.54) is 6.07 Å². The molecule has 6 heteroatoms. The van der Waals surface area contributed by atoms with E-state index in [1.807, 2.05) is 0 Å². The van der Waals surface area contributed by atoms with Crippen LogP contribution in [0.4, 0.5) is 11.4 Å². The number of nitrogen functional groups attached to an aromatic ring is 1. The molecule has 0 spiro atoms. The standard InChI is InChI=1S/C8H12N4O2/c9-4-6(10)5-2-1-3-7(8(5)11)12(13)14/h1-3,6H,4,9-11H2. The Bertz CT molecular complexity index is 353. The lowest BCUT2D eigenvalue weighted by molar-refractivity contribution is -0.384. The van der Waals surface area contributed by atoms with E-state index in [-0.39, 0.29) is 17.9 Å². The van der Waals surface area contributed by atoms with Crippen LogP contribution in [-0.2, 0) is 0 Å². The molecule has 0 heterocycles. The number of hydrogen-bond acceptors (Lipinski definition) is 5. The van der Waals surface area contributed by atoms with Crippen LogP contribution in [0.1, 0.15) is 11.6 Å². The Morgan fingerprint density at radius 1 is 1.50 bits per heavy atom. The molecule has 76 valence electrons. The van der Waals surface area contributed by atoms with Crippen molar-refractivity contribution >= 4 is 11.4 Å². The molecular formula is C8H12N4O2. The second kappa shape index (κ2) is 4.03. The van der Waals surface area contributed by atoms with Crippen molar-refractivity contribution in [3.8, 4) is 0 Å². The zero-order valence-corrected chi connectivity index (χ0v) is 7.51. The summed E-state index contributed by atoms with van der Waals surface area (Å²) in [4.78, 5) is 10.00. The molecule has 0 saturated heterocycles. The molecule has 14 heavy (non-hydrogen) atoms. The van der Waals surface area contributed by atoms with Crippen molar-refractivity contribution < 1.29 is 4.92 Å². The lowest BCUT2D eigenvalue weighted by Crippen LogP contribution is -2.22. The van der Waals surface area contributed by atoms with E-state index in [9.17, 15) is 10.1 Å². The zero-order valence-electron chi connectivity index (χ0n) is 7.51. The number of benzene rings is 1. The van der Waals surface area contributed by atoms with Crippen LogP contribution in [0.5, 0.6) is 0 Å². The molecule has 0 bridgehead atoms. The van der Waals surface area contributed by atoms with E-state index >= 15 is 0 Å². The molecule has 1 atom stereocenters. The van der Waals surface area contributed by atoms with Crippen molar-refractivity contribution in [1.29, 1.82) is 0 Å². The molecule has 0 radical (unpaired) electrons. The normalized spacial score (nSPS) is 12.4. The third kappa shape index (κ3) is 1.81. The first kappa shape index (κ1) is 10.4. The van der Waals surface area contributed by atoms with Crippen LogP contribution in [0.15, 0.2) is 18.2 Å². The van der Waals surface area contributed by atoms with Gasteiger partial charge in [0.2, 0.25) is 0 Å². The molecule has 1 unspecified atom stereocenters. The van der Waals surface area contributed by atoms with Crippen molar-refractivity contribution in [2.45, 2.75) is 6.04 Å². The van der Waals surface area contributed by atoms with Crippen LogP contribution in [-0.4, -0.2) is 11.5 Å². The van der Waals surface area contributed by atoms with Crippen molar-refractivity contribution in [2.75, 3.05) is 12.3 Å². The number of rotatable bonds is 3. The average Bonchev–Trinajstić information content (AvgIpc) is 2.16. The van der Waals surface area contributed by atoms with Crippen LogP contribution in [0, 0.1) is 10.1 Å². The second-order valence-corrected chi connectivity index (χ2v) is 2.88. The minimum absolute atomic E-state index is 0.0930. The number of anilines is 1. The molecule has 0 saturated carbocycles. The molecule has 0 aliphatic heterocycles. The highest BCUT2D eigenvalue weighted by Gasteiger charge is 2.17. The summed E-state index contributed by atoms with van der Waals surface area (Å²) < 4.78 is 0.